The third-order valence-electron chi connectivity index (χ3n) is 5.16. The maximum Gasteiger partial charge on any atom is 0.232 e. The average Bonchev–Trinajstić information content (AvgIpc) is 2.87. The highest BCUT2D eigenvalue weighted by atomic mass is 16.5. The highest BCUT2D eigenvalue weighted by Gasteiger charge is 2.12. The van der Waals surface area contributed by atoms with Crippen LogP contribution in [0, 0.1) is 0 Å². The minimum atomic E-state index is 0.00398. The summed E-state index contributed by atoms with van der Waals surface area (Å²) in [6.07, 6.45) is 0.320. The Morgan fingerprint density at radius 2 is 1.06 bits per heavy atom. The number of phenolic OH excluding ortho intramolecular Hbond substituents is 3. The van der Waals surface area contributed by atoms with Crippen molar-refractivity contribution in [3.05, 3.63) is 66.0 Å². The lowest BCUT2D eigenvalue weighted by Crippen LogP contribution is -2.08. The summed E-state index contributed by atoms with van der Waals surface area (Å²) in [6.45, 7) is 0. The van der Waals surface area contributed by atoms with Crippen molar-refractivity contribution in [3.63, 3.8) is 0 Å². The van der Waals surface area contributed by atoms with Crippen molar-refractivity contribution in [2.45, 2.75) is 6.42 Å². The van der Waals surface area contributed by atoms with Gasteiger partial charge in [0.15, 0.2) is 34.5 Å². The highest BCUT2D eigenvalue weighted by Crippen LogP contribution is 2.32. The molecule has 36 heavy (non-hydrogen) atoms. The van der Waals surface area contributed by atoms with Crippen LogP contribution in [0.15, 0.2) is 54.6 Å². The van der Waals surface area contributed by atoms with E-state index in [0.717, 1.165) is 5.56 Å². The SMILES string of the molecule is COc1cc(Cc2nc(Nc3ccc(O)c(OC)c3)nc(Nc3ccc(O)c(OC)c3)n2)ccc1O. The molecule has 0 fully saturated rings. The number of aromatic hydroxyl groups is 3. The first-order valence-corrected chi connectivity index (χ1v) is 10.8. The molecule has 0 aliphatic rings. The van der Waals surface area contributed by atoms with Crippen LogP contribution < -0.4 is 24.8 Å². The summed E-state index contributed by atoms with van der Waals surface area (Å²) in [5.74, 6) is 1.88. The van der Waals surface area contributed by atoms with E-state index in [-0.39, 0.29) is 29.1 Å². The van der Waals surface area contributed by atoms with Crippen LogP contribution >= 0.6 is 0 Å². The predicted octanol–water partition coefficient (Wildman–Crippen LogP) is 4.09. The van der Waals surface area contributed by atoms with Gasteiger partial charge in [-0.1, -0.05) is 6.07 Å². The largest absolute Gasteiger partial charge is 0.504 e. The first-order valence-electron chi connectivity index (χ1n) is 10.8. The van der Waals surface area contributed by atoms with Crippen molar-refractivity contribution in [2.24, 2.45) is 0 Å². The fraction of sp³-hybridized carbons (Fsp3) is 0.160. The summed E-state index contributed by atoms with van der Waals surface area (Å²) < 4.78 is 15.5. The van der Waals surface area contributed by atoms with E-state index in [4.69, 9.17) is 14.2 Å². The average molecular weight is 492 g/mol. The topological polar surface area (TPSA) is 151 Å². The van der Waals surface area contributed by atoms with E-state index in [9.17, 15) is 15.3 Å². The zero-order chi connectivity index (χ0) is 25.7. The standard InChI is InChI=1S/C25H25N5O6/c1-34-20-10-14(4-7-17(20)31)11-23-28-24(26-15-5-8-18(32)21(12-15)35-2)30-25(29-23)27-16-6-9-19(33)22(13-16)36-3/h4-10,12-13,31-33H,11H2,1-3H3,(H2,26,27,28,29,30). The fourth-order valence-corrected chi connectivity index (χ4v) is 3.39. The molecule has 1 heterocycles. The molecular formula is C25H25N5O6. The van der Waals surface area contributed by atoms with E-state index in [1.165, 1.54) is 33.5 Å². The Morgan fingerprint density at radius 1 is 0.611 bits per heavy atom. The van der Waals surface area contributed by atoms with Crippen molar-refractivity contribution in [1.29, 1.82) is 0 Å². The predicted molar refractivity (Wildman–Crippen MR) is 133 cm³/mol. The monoisotopic (exact) mass is 491 g/mol. The number of phenols is 3. The van der Waals surface area contributed by atoms with E-state index in [1.807, 2.05) is 0 Å². The number of hydrogen-bond donors (Lipinski definition) is 5. The van der Waals surface area contributed by atoms with Gasteiger partial charge in [-0.3, -0.25) is 0 Å². The molecule has 0 saturated heterocycles. The number of rotatable bonds is 9. The number of ether oxygens (including phenoxy) is 3. The Labute approximate surface area is 207 Å². The molecule has 4 rings (SSSR count). The van der Waals surface area contributed by atoms with Crippen molar-refractivity contribution in [1.82, 2.24) is 15.0 Å². The Kier molecular flexibility index (Phi) is 7.10. The molecule has 1 aromatic heterocycles. The number of benzene rings is 3. The highest BCUT2D eigenvalue weighted by molar-refractivity contribution is 5.62. The second-order valence-corrected chi connectivity index (χ2v) is 7.61. The van der Waals surface area contributed by atoms with Crippen molar-refractivity contribution in [2.75, 3.05) is 32.0 Å². The van der Waals surface area contributed by atoms with Gasteiger partial charge >= 0.3 is 0 Å². The summed E-state index contributed by atoms with van der Waals surface area (Å²) in [7, 11) is 4.39. The van der Waals surface area contributed by atoms with Gasteiger partial charge in [-0.25, -0.2) is 0 Å². The van der Waals surface area contributed by atoms with Crippen LogP contribution in [0.1, 0.15) is 11.4 Å². The number of anilines is 4. The molecule has 3 aromatic carbocycles. The second kappa shape index (κ2) is 10.6. The zero-order valence-corrected chi connectivity index (χ0v) is 19.8. The Bertz CT molecular complexity index is 1200. The van der Waals surface area contributed by atoms with Crippen molar-refractivity contribution in [3.8, 4) is 34.5 Å². The number of nitrogens with one attached hydrogen (secondary N) is 2. The summed E-state index contributed by atoms with van der Waals surface area (Å²) in [5, 5.41) is 35.9. The van der Waals surface area contributed by atoms with Gasteiger partial charge in [0.05, 0.1) is 21.3 Å². The number of aromatic nitrogens is 3. The lowest BCUT2D eigenvalue weighted by Gasteiger charge is -2.13. The molecule has 4 aromatic rings. The minimum absolute atomic E-state index is 0.00398. The summed E-state index contributed by atoms with van der Waals surface area (Å²) in [4.78, 5) is 13.5. The lowest BCUT2D eigenvalue weighted by atomic mass is 10.1. The lowest BCUT2D eigenvalue weighted by molar-refractivity contribution is 0.373. The van der Waals surface area contributed by atoms with Crippen LogP contribution in [0.2, 0.25) is 0 Å². The molecule has 0 atom stereocenters. The Hall–Kier alpha value is -4.93. The van der Waals surface area contributed by atoms with Gasteiger partial charge in [-0.15, -0.1) is 0 Å². The van der Waals surface area contributed by atoms with Crippen molar-refractivity contribution >= 4 is 23.3 Å². The van der Waals surface area contributed by atoms with Crippen LogP contribution in [0.5, 0.6) is 34.5 Å². The van der Waals surface area contributed by atoms with E-state index >= 15 is 0 Å². The number of methoxy groups -OCH3 is 3. The van der Waals surface area contributed by atoms with Gasteiger partial charge < -0.3 is 40.2 Å². The molecular weight excluding hydrogens is 466 g/mol. The number of nitrogens with zero attached hydrogens (tertiary/aromatic N) is 3. The molecule has 11 heteroatoms. The molecule has 0 amide bonds. The Morgan fingerprint density at radius 3 is 1.53 bits per heavy atom. The van der Waals surface area contributed by atoms with Gasteiger partial charge in [-0.2, -0.15) is 15.0 Å². The summed E-state index contributed by atoms with van der Waals surface area (Å²) in [6, 6.07) is 14.5. The third kappa shape index (κ3) is 5.58. The maximum absolute atomic E-state index is 9.90. The van der Waals surface area contributed by atoms with Gasteiger partial charge in [0.1, 0.15) is 5.82 Å². The summed E-state index contributed by atoms with van der Waals surface area (Å²) in [5.41, 5.74) is 1.99. The van der Waals surface area contributed by atoms with E-state index < -0.39 is 0 Å². The van der Waals surface area contributed by atoms with Gasteiger partial charge in [-0.05, 0) is 42.0 Å². The normalized spacial score (nSPS) is 10.5. The maximum atomic E-state index is 9.90. The molecule has 0 radical (unpaired) electrons. The second-order valence-electron chi connectivity index (χ2n) is 7.61. The quantitative estimate of drug-likeness (QED) is 0.215. The first kappa shape index (κ1) is 24.2. The van der Waals surface area contributed by atoms with Crippen LogP contribution in [-0.4, -0.2) is 51.6 Å². The first-order chi connectivity index (χ1) is 17.4. The molecule has 0 bridgehead atoms. The molecule has 0 aliphatic carbocycles. The van der Waals surface area contributed by atoms with Crippen LogP contribution in [0.25, 0.3) is 0 Å². The van der Waals surface area contributed by atoms with Crippen LogP contribution in [0.4, 0.5) is 23.3 Å². The summed E-state index contributed by atoms with van der Waals surface area (Å²) >= 11 is 0. The Balaban J connectivity index is 1.69. The molecule has 11 nitrogen and oxygen atoms in total. The van der Waals surface area contributed by atoms with Crippen LogP contribution in [-0.2, 0) is 6.42 Å². The zero-order valence-electron chi connectivity index (χ0n) is 19.8. The fourth-order valence-electron chi connectivity index (χ4n) is 3.39. The van der Waals surface area contributed by atoms with E-state index in [2.05, 4.69) is 25.6 Å². The third-order valence-corrected chi connectivity index (χ3v) is 5.16. The molecule has 0 unspecified atom stereocenters. The molecule has 0 spiro atoms. The molecule has 0 aliphatic heterocycles. The number of hydrogen-bond acceptors (Lipinski definition) is 11. The molecule has 0 saturated carbocycles. The van der Waals surface area contributed by atoms with Gasteiger partial charge in [0, 0.05) is 29.9 Å². The van der Waals surface area contributed by atoms with E-state index in [1.54, 1.807) is 42.5 Å². The van der Waals surface area contributed by atoms with Crippen LogP contribution in [0.3, 0.4) is 0 Å². The van der Waals surface area contributed by atoms with Crippen molar-refractivity contribution < 1.29 is 29.5 Å². The van der Waals surface area contributed by atoms with Gasteiger partial charge in [0.2, 0.25) is 11.9 Å². The minimum Gasteiger partial charge on any atom is -0.504 e. The smallest absolute Gasteiger partial charge is 0.232 e. The van der Waals surface area contributed by atoms with E-state index in [0.29, 0.717) is 40.9 Å². The van der Waals surface area contributed by atoms with Gasteiger partial charge in [0.25, 0.3) is 0 Å². The molecule has 186 valence electrons. The molecule has 5 N–H and O–H groups in total.